The van der Waals surface area contributed by atoms with Crippen molar-refractivity contribution >= 4 is 11.6 Å². The van der Waals surface area contributed by atoms with Crippen LogP contribution < -0.4 is 16.2 Å². The second-order valence-corrected chi connectivity index (χ2v) is 4.14. The molecule has 2 atom stereocenters. The fraction of sp³-hybridized carbons (Fsp3) is 0.455. The molecule has 0 fully saturated rings. The fourth-order valence-electron chi connectivity index (χ4n) is 1.47. The van der Waals surface area contributed by atoms with Crippen LogP contribution in [0.25, 0.3) is 0 Å². The molecular weight excluding hydrogens is 212 g/mol. The number of hydrogen-bond acceptors (Lipinski definition) is 3. The van der Waals surface area contributed by atoms with E-state index in [9.17, 15) is 0 Å². The molecule has 4 heteroatoms. The van der Waals surface area contributed by atoms with Gasteiger partial charge < -0.3 is 16.2 Å². The van der Waals surface area contributed by atoms with Gasteiger partial charge in [0.1, 0.15) is 5.75 Å². The molecule has 1 rings (SSSR count). The van der Waals surface area contributed by atoms with Crippen LogP contribution in [-0.2, 0) is 0 Å². The van der Waals surface area contributed by atoms with Crippen molar-refractivity contribution in [2.45, 2.75) is 25.9 Å². The lowest BCUT2D eigenvalue weighted by Gasteiger charge is -2.19. The maximum atomic E-state index is 6.03. The van der Waals surface area contributed by atoms with E-state index in [-0.39, 0.29) is 12.1 Å². The van der Waals surface area contributed by atoms with Crippen molar-refractivity contribution in [3.8, 4) is 5.75 Å². The van der Waals surface area contributed by atoms with E-state index in [0.717, 1.165) is 11.1 Å². The Morgan fingerprint density at radius 1 is 1.33 bits per heavy atom. The van der Waals surface area contributed by atoms with Crippen molar-refractivity contribution in [3.63, 3.8) is 0 Å². The van der Waals surface area contributed by atoms with E-state index in [4.69, 9.17) is 27.8 Å². The lowest BCUT2D eigenvalue weighted by atomic mass is 9.97. The van der Waals surface area contributed by atoms with Gasteiger partial charge in [-0.15, -0.1) is 0 Å². The third-order valence-corrected chi connectivity index (χ3v) is 2.76. The Balaban J connectivity index is 3.15. The maximum Gasteiger partial charge on any atom is 0.137 e. The summed E-state index contributed by atoms with van der Waals surface area (Å²) >= 11 is 6.03. The van der Waals surface area contributed by atoms with E-state index in [0.29, 0.717) is 10.8 Å². The number of aryl methyl sites for hydroxylation is 1. The second-order valence-electron chi connectivity index (χ2n) is 3.73. The van der Waals surface area contributed by atoms with Gasteiger partial charge in [-0.1, -0.05) is 11.6 Å². The summed E-state index contributed by atoms with van der Waals surface area (Å²) in [6, 6.07) is 3.39. The van der Waals surface area contributed by atoms with Crippen LogP contribution in [0.2, 0.25) is 5.02 Å². The average Bonchev–Trinajstić information content (AvgIpc) is 2.19. The summed E-state index contributed by atoms with van der Waals surface area (Å²) < 4.78 is 5.12. The Labute approximate surface area is 95.4 Å². The molecule has 0 radical (unpaired) electrons. The first-order valence-corrected chi connectivity index (χ1v) is 5.20. The summed E-state index contributed by atoms with van der Waals surface area (Å²) in [6.07, 6.45) is 0. The molecule has 2 unspecified atom stereocenters. The van der Waals surface area contributed by atoms with Gasteiger partial charge in [0.15, 0.2) is 0 Å². The quantitative estimate of drug-likeness (QED) is 0.832. The first-order valence-electron chi connectivity index (χ1n) is 4.82. The molecule has 0 aliphatic carbocycles. The highest BCUT2D eigenvalue weighted by molar-refractivity contribution is 6.32. The molecule has 4 N–H and O–H groups in total. The smallest absolute Gasteiger partial charge is 0.137 e. The third-order valence-electron chi connectivity index (χ3n) is 2.47. The summed E-state index contributed by atoms with van der Waals surface area (Å²) in [7, 11) is 1.59. The van der Waals surface area contributed by atoms with Crippen LogP contribution in [0.4, 0.5) is 0 Å². The molecule has 0 saturated carbocycles. The zero-order valence-corrected chi connectivity index (χ0v) is 10.0. The predicted molar refractivity (Wildman–Crippen MR) is 63.3 cm³/mol. The Bertz CT molecular complexity index is 353. The Kier molecular flexibility index (Phi) is 3.97. The molecule has 84 valence electrons. The predicted octanol–water partition coefficient (Wildman–Crippen LogP) is 2.00. The standard InChI is InChI=1S/C11H17ClN2O/c1-6-4-10(15-3)9(12)5-8(6)11(14)7(2)13/h4-5,7,11H,13-14H2,1-3H3. The molecule has 0 aliphatic heterocycles. The number of rotatable bonds is 3. The van der Waals surface area contributed by atoms with Crippen LogP contribution in [0.3, 0.4) is 0 Å². The number of halogens is 1. The van der Waals surface area contributed by atoms with Crippen LogP contribution in [0.1, 0.15) is 24.1 Å². The molecule has 0 amide bonds. The molecule has 1 aromatic rings. The fourth-order valence-corrected chi connectivity index (χ4v) is 1.72. The minimum atomic E-state index is -0.201. The van der Waals surface area contributed by atoms with E-state index in [1.807, 2.05) is 26.0 Å². The van der Waals surface area contributed by atoms with Gasteiger partial charge in [0.05, 0.1) is 12.1 Å². The molecular formula is C11H17ClN2O. The highest BCUT2D eigenvalue weighted by atomic mass is 35.5. The van der Waals surface area contributed by atoms with Crippen molar-refractivity contribution in [3.05, 3.63) is 28.3 Å². The molecule has 1 aromatic carbocycles. The number of hydrogen-bond donors (Lipinski definition) is 2. The number of benzene rings is 1. The third kappa shape index (κ3) is 2.62. The van der Waals surface area contributed by atoms with Crippen LogP contribution >= 0.6 is 11.6 Å². The van der Waals surface area contributed by atoms with Gasteiger partial charge in [-0.3, -0.25) is 0 Å². The van der Waals surface area contributed by atoms with E-state index in [2.05, 4.69) is 0 Å². The van der Waals surface area contributed by atoms with Crippen LogP contribution in [0.5, 0.6) is 5.75 Å². The zero-order chi connectivity index (χ0) is 11.6. The van der Waals surface area contributed by atoms with Crippen LogP contribution in [0.15, 0.2) is 12.1 Å². The Morgan fingerprint density at radius 3 is 2.40 bits per heavy atom. The van der Waals surface area contributed by atoms with Gasteiger partial charge in [0.25, 0.3) is 0 Å². The molecule has 0 heterocycles. The Morgan fingerprint density at radius 2 is 1.93 bits per heavy atom. The van der Waals surface area contributed by atoms with E-state index < -0.39 is 0 Å². The highest BCUT2D eigenvalue weighted by Crippen LogP contribution is 2.30. The van der Waals surface area contributed by atoms with Crippen LogP contribution in [-0.4, -0.2) is 13.2 Å². The maximum absolute atomic E-state index is 6.03. The molecule has 15 heavy (non-hydrogen) atoms. The molecule has 3 nitrogen and oxygen atoms in total. The number of nitrogens with two attached hydrogens (primary N) is 2. The summed E-state index contributed by atoms with van der Waals surface area (Å²) in [4.78, 5) is 0. The van der Waals surface area contributed by atoms with Crippen molar-refractivity contribution in [1.29, 1.82) is 0 Å². The van der Waals surface area contributed by atoms with Gasteiger partial charge in [0, 0.05) is 12.1 Å². The number of ether oxygens (including phenoxy) is 1. The SMILES string of the molecule is COc1cc(C)c(C(N)C(C)N)cc1Cl. The largest absolute Gasteiger partial charge is 0.495 e. The van der Waals surface area contributed by atoms with Crippen molar-refractivity contribution in [1.82, 2.24) is 0 Å². The van der Waals surface area contributed by atoms with E-state index >= 15 is 0 Å². The van der Waals surface area contributed by atoms with E-state index in [1.54, 1.807) is 7.11 Å². The summed E-state index contributed by atoms with van der Waals surface area (Å²) in [5.41, 5.74) is 13.7. The van der Waals surface area contributed by atoms with Gasteiger partial charge in [-0.05, 0) is 37.1 Å². The average molecular weight is 229 g/mol. The first kappa shape index (κ1) is 12.3. The summed E-state index contributed by atoms with van der Waals surface area (Å²) in [5.74, 6) is 0.662. The monoisotopic (exact) mass is 228 g/mol. The number of methoxy groups -OCH3 is 1. The van der Waals surface area contributed by atoms with Crippen molar-refractivity contribution in [2.75, 3.05) is 7.11 Å². The first-order chi connectivity index (χ1) is 6.97. The minimum Gasteiger partial charge on any atom is -0.495 e. The lowest BCUT2D eigenvalue weighted by molar-refractivity contribution is 0.414. The topological polar surface area (TPSA) is 61.3 Å². The van der Waals surface area contributed by atoms with Crippen molar-refractivity contribution < 1.29 is 4.74 Å². The summed E-state index contributed by atoms with van der Waals surface area (Å²) in [5, 5.41) is 0.564. The van der Waals surface area contributed by atoms with Gasteiger partial charge in [-0.2, -0.15) is 0 Å². The lowest BCUT2D eigenvalue weighted by Crippen LogP contribution is -2.31. The zero-order valence-electron chi connectivity index (χ0n) is 9.25. The molecule has 0 spiro atoms. The molecule has 0 saturated heterocycles. The molecule has 0 aromatic heterocycles. The van der Waals surface area contributed by atoms with E-state index in [1.165, 1.54) is 0 Å². The molecule has 0 aliphatic rings. The summed E-state index contributed by atoms with van der Waals surface area (Å²) in [6.45, 7) is 3.85. The van der Waals surface area contributed by atoms with Gasteiger partial charge in [0.2, 0.25) is 0 Å². The van der Waals surface area contributed by atoms with Gasteiger partial charge in [-0.25, -0.2) is 0 Å². The Hall–Kier alpha value is -0.770. The van der Waals surface area contributed by atoms with Gasteiger partial charge >= 0.3 is 0 Å². The van der Waals surface area contributed by atoms with Crippen molar-refractivity contribution in [2.24, 2.45) is 11.5 Å². The normalized spacial score (nSPS) is 14.8. The van der Waals surface area contributed by atoms with Crippen LogP contribution in [0, 0.1) is 6.92 Å². The highest BCUT2D eigenvalue weighted by Gasteiger charge is 2.15. The minimum absolute atomic E-state index is 0.104. The second kappa shape index (κ2) is 4.84. The molecule has 0 bridgehead atoms.